The quantitative estimate of drug-likeness (QED) is 0.409. The molecule has 0 saturated carbocycles. The number of thioether (sulfide) groups is 1. The molecule has 136 valence electrons. The summed E-state index contributed by atoms with van der Waals surface area (Å²) < 4.78 is 14.1. The lowest BCUT2D eigenvalue weighted by Gasteiger charge is -2.28. The van der Waals surface area contributed by atoms with E-state index >= 15 is 0 Å². The zero-order chi connectivity index (χ0) is 18.8. The molecular weight excluding hydrogens is 361 g/mol. The minimum atomic E-state index is -0.569. The van der Waals surface area contributed by atoms with Crippen molar-refractivity contribution in [3.63, 3.8) is 0 Å². The van der Waals surface area contributed by atoms with Gasteiger partial charge in [0.15, 0.2) is 16.1 Å². The Labute approximate surface area is 157 Å². The monoisotopic (exact) mass is 383 g/mol. The minimum absolute atomic E-state index is 0.146. The van der Waals surface area contributed by atoms with Gasteiger partial charge in [0.05, 0.1) is 11.5 Å². The highest BCUT2D eigenvalue weighted by Gasteiger charge is 2.20. The molecule has 0 aliphatic carbocycles. The molecule has 0 atom stereocenters. The highest BCUT2D eigenvalue weighted by molar-refractivity contribution is 7.98. The van der Waals surface area contributed by atoms with Gasteiger partial charge in [-0.15, -0.1) is 0 Å². The van der Waals surface area contributed by atoms with Crippen molar-refractivity contribution in [3.05, 3.63) is 17.2 Å². The number of piperidine rings is 1. The van der Waals surface area contributed by atoms with Gasteiger partial charge in [-0.05, 0) is 25.5 Å². The summed E-state index contributed by atoms with van der Waals surface area (Å²) in [4.78, 5) is 14.9. The van der Waals surface area contributed by atoms with Crippen molar-refractivity contribution >= 4 is 40.1 Å². The normalized spacial score (nSPS) is 13.2. The second kappa shape index (κ2) is 11.1. The SMILES string of the molecule is CC.CC#N.CSc1nc(N2CCCCC2)c2cnc(Cl)c(F)c2n1. The van der Waals surface area contributed by atoms with Gasteiger partial charge < -0.3 is 4.90 Å². The topological polar surface area (TPSA) is 65.7 Å². The predicted octanol–water partition coefficient (Wildman–Crippen LogP) is 5.09. The van der Waals surface area contributed by atoms with Crippen molar-refractivity contribution in [2.75, 3.05) is 24.2 Å². The maximum atomic E-state index is 14.1. The first kappa shape index (κ1) is 21.4. The van der Waals surface area contributed by atoms with Crippen LogP contribution in [0.2, 0.25) is 5.15 Å². The summed E-state index contributed by atoms with van der Waals surface area (Å²) in [6.45, 7) is 7.30. The number of anilines is 1. The zero-order valence-electron chi connectivity index (χ0n) is 15.0. The molecule has 0 unspecified atom stereocenters. The van der Waals surface area contributed by atoms with E-state index < -0.39 is 5.82 Å². The van der Waals surface area contributed by atoms with E-state index in [1.165, 1.54) is 25.1 Å². The van der Waals surface area contributed by atoms with E-state index in [-0.39, 0.29) is 10.7 Å². The van der Waals surface area contributed by atoms with Crippen LogP contribution in [0.1, 0.15) is 40.0 Å². The fourth-order valence-corrected chi connectivity index (χ4v) is 2.94. The van der Waals surface area contributed by atoms with Crippen molar-refractivity contribution < 1.29 is 4.39 Å². The highest BCUT2D eigenvalue weighted by atomic mass is 35.5. The fraction of sp³-hybridized carbons (Fsp3) is 0.529. The van der Waals surface area contributed by atoms with Crippen molar-refractivity contribution in [2.45, 2.75) is 45.2 Å². The van der Waals surface area contributed by atoms with Crippen molar-refractivity contribution in [2.24, 2.45) is 0 Å². The molecule has 2 aromatic rings. The molecule has 0 N–H and O–H groups in total. The van der Waals surface area contributed by atoms with Crippen LogP contribution in [0, 0.1) is 17.1 Å². The van der Waals surface area contributed by atoms with Gasteiger partial charge in [0, 0.05) is 26.2 Å². The highest BCUT2D eigenvalue weighted by Crippen LogP contribution is 2.31. The molecule has 1 fully saturated rings. The van der Waals surface area contributed by atoms with Crippen molar-refractivity contribution in [1.82, 2.24) is 15.0 Å². The third kappa shape index (κ3) is 5.41. The van der Waals surface area contributed by atoms with E-state index in [0.29, 0.717) is 10.5 Å². The van der Waals surface area contributed by atoms with Gasteiger partial charge in [0.2, 0.25) is 0 Å². The molecule has 0 bridgehead atoms. The third-order valence-electron chi connectivity index (χ3n) is 3.44. The summed E-state index contributed by atoms with van der Waals surface area (Å²) in [5.74, 6) is 0.197. The first-order valence-corrected chi connectivity index (χ1v) is 9.84. The van der Waals surface area contributed by atoms with E-state index in [1.54, 1.807) is 12.3 Å². The van der Waals surface area contributed by atoms with Gasteiger partial charge in [-0.25, -0.2) is 19.3 Å². The fourth-order valence-electron chi connectivity index (χ4n) is 2.44. The summed E-state index contributed by atoms with van der Waals surface area (Å²) in [6, 6.07) is 1.75. The molecule has 5 nitrogen and oxygen atoms in total. The van der Waals surface area contributed by atoms with Crippen LogP contribution < -0.4 is 4.90 Å². The van der Waals surface area contributed by atoms with Crippen molar-refractivity contribution in [3.8, 4) is 6.07 Å². The van der Waals surface area contributed by atoms with E-state index in [1.807, 2.05) is 20.1 Å². The Hall–Kier alpha value is -1.65. The molecule has 25 heavy (non-hydrogen) atoms. The van der Waals surface area contributed by atoms with Gasteiger partial charge in [0.1, 0.15) is 11.3 Å². The molecule has 0 aromatic carbocycles. The van der Waals surface area contributed by atoms with Crippen LogP contribution in [-0.2, 0) is 0 Å². The van der Waals surface area contributed by atoms with Crippen LogP contribution in [0.4, 0.5) is 10.2 Å². The van der Waals surface area contributed by atoms with Crippen molar-refractivity contribution in [1.29, 1.82) is 5.26 Å². The Morgan fingerprint density at radius 1 is 1.24 bits per heavy atom. The van der Waals surface area contributed by atoms with Crippen LogP contribution in [0.3, 0.4) is 0 Å². The van der Waals surface area contributed by atoms with Gasteiger partial charge in [-0.3, -0.25) is 0 Å². The first-order valence-electron chi connectivity index (χ1n) is 8.23. The number of nitrogens with zero attached hydrogens (tertiary/aromatic N) is 5. The summed E-state index contributed by atoms with van der Waals surface area (Å²) in [5, 5.41) is 8.36. The number of nitriles is 1. The Morgan fingerprint density at radius 2 is 1.84 bits per heavy atom. The zero-order valence-corrected chi connectivity index (χ0v) is 16.6. The molecule has 3 rings (SSSR count). The van der Waals surface area contributed by atoms with Crippen LogP contribution in [0.25, 0.3) is 10.9 Å². The summed E-state index contributed by atoms with van der Waals surface area (Å²) in [5.41, 5.74) is 0.255. The van der Waals surface area contributed by atoms with Crippen LogP contribution in [-0.4, -0.2) is 34.3 Å². The van der Waals surface area contributed by atoms with E-state index in [0.717, 1.165) is 31.7 Å². The molecule has 3 heterocycles. The molecule has 0 spiro atoms. The van der Waals surface area contributed by atoms with Crippen LogP contribution >= 0.6 is 23.4 Å². The molecule has 1 saturated heterocycles. The molecule has 1 aliphatic heterocycles. The van der Waals surface area contributed by atoms with Gasteiger partial charge in [-0.1, -0.05) is 37.2 Å². The Balaban J connectivity index is 0.000000567. The molecular formula is C17H23ClFN5S. The van der Waals surface area contributed by atoms with Crippen LogP contribution in [0.5, 0.6) is 0 Å². The van der Waals surface area contributed by atoms with Gasteiger partial charge >= 0.3 is 0 Å². The van der Waals surface area contributed by atoms with Gasteiger partial charge in [-0.2, -0.15) is 5.26 Å². The minimum Gasteiger partial charge on any atom is -0.356 e. The number of halogens is 2. The molecule has 8 heteroatoms. The standard InChI is InChI=1S/C13H14ClFN4S.C2H3N.C2H6/c1-20-13-17-10-8(7-16-11(14)9(10)15)12(18-13)19-5-3-2-4-6-19;1-2-3;1-2/h7H,2-6H2,1H3;1H3;1-2H3. The average molecular weight is 384 g/mol. The second-order valence-corrected chi connectivity index (χ2v) is 6.06. The molecule has 0 radical (unpaired) electrons. The second-order valence-electron chi connectivity index (χ2n) is 4.93. The number of aromatic nitrogens is 3. The maximum absolute atomic E-state index is 14.1. The van der Waals surface area contributed by atoms with Gasteiger partial charge in [0.25, 0.3) is 0 Å². The van der Waals surface area contributed by atoms with Crippen LogP contribution in [0.15, 0.2) is 11.4 Å². The molecule has 2 aromatic heterocycles. The number of hydrogen-bond donors (Lipinski definition) is 0. The number of fused-ring (bicyclic) bond motifs is 1. The largest absolute Gasteiger partial charge is 0.356 e. The lowest BCUT2D eigenvalue weighted by molar-refractivity contribution is 0.572. The van der Waals surface area contributed by atoms with E-state index in [4.69, 9.17) is 16.9 Å². The third-order valence-corrected chi connectivity index (χ3v) is 4.25. The lowest BCUT2D eigenvalue weighted by Crippen LogP contribution is -2.30. The molecule has 0 amide bonds. The molecule has 1 aliphatic rings. The number of pyridine rings is 1. The number of rotatable bonds is 2. The summed E-state index contributed by atoms with van der Waals surface area (Å²) >= 11 is 7.15. The van der Waals surface area contributed by atoms with E-state index in [2.05, 4.69) is 19.9 Å². The first-order chi connectivity index (χ1) is 12.1. The summed E-state index contributed by atoms with van der Waals surface area (Å²) in [7, 11) is 0. The Kier molecular flexibility index (Phi) is 9.46. The smallest absolute Gasteiger partial charge is 0.189 e. The lowest BCUT2D eigenvalue weighted by atomic mass is 10.1. The Bertz CT molecular complexity index is 729. The average Bonchev–Trinajstić information content (AvgIpc) is 2.67. The number of hydrogen-bond acceptors (Lipinski definition) is 6. The maximum Gasteiger partial charge on any atom is 0.189 e. The predicted molar refractivity (Wildman–Crippen MR) is 103 cm³/mol. The summed E-state index contributed by atoms with van der Waals surface area (Å²) in [6.07, 6.45) is 6.93. The Morgan fingerprint density at radius 3 is 2.40 bits per heavy atom. The van der Waals surface area contributed by atoms with E-state index in [9.17, 15) is 4.39 Å².